The Bertz CT molecular complexity index is 593. The summed E-state index contributed by atoms with van der Waals surface area (Å²) in [6.07, 6.45) is 9.72. The summed E-state index contributed by atoms with van der Waals surface area (Å²) < 4.78 is 3.79. The summed E-state index contributed by atoms with van der Waals surface area (Å²) >= 11 is 0. The Labute approximate surface area is 118 Å². The van der Waals surface area contributed by atoms with Crippen molar-refractivity contribution in [1.29, 1.82) is 0 Å². The second-order valence-electron chi connectivity index (χ2n) is 5.41. The van der Waals surface area contributed by atoms with Gasteiger partial charge >= 0.3 is 0 Å². The molecule has 1 saturated carbocycles. The Balaban J connectivity index is 1.76. The summed E-state index contributed by atoms with van der Waals surface area (Å²) in [4.78, 5) is 12.3. The number of carbonyl (C=O) groups excluding carboxylic acids is 1. The molecular weight excluding hydrogens is 252 g/mol. The molecule has 1 N–H and O–H groups in total. The van der Waals surface area contributed by atoms with Crippen LogP contribution in [0.3, 0.4) is 0 Å². The minimum atomic E-state index is -0.0879. The molecule has 0 unspecified atom stereocenters. The van der Waals surface area contributed by atoms with E-state index in [9.17, 15) is 4.79 Å². The van der Waals surface area contributed by atoms with Crippen LogP contribution in [0.4, 0.5) is 5.82 Å². The predicted octanol–water partition coefficient (Wildman–Crippen LogP) is 2.98. The van der Waals surface area contributed by atoms with Gasteiger partial charge in [0.25, 0.3) is 5.91 Å². The average Bonchev–Trinajstić information content (AvgIpc) is 3.08. The highest BCUT2D eigenvalue weighted by Crippen LogP contribution is 2.29. The fourth-order valence-electron chi connectivity index (χ4n) is 2.91. The summed E-state index contributed by atoms with van der Waals surface area (Å²) in [5.74, 6) is 0.707. The third-order valence-electron chi connectivity index (χ3n) is 4.01. The summed E-state index contributed by atoms with van der Waals surface area (Å²) in [5.41, 5.74) is 0.654. The smallest absolute Gasteiger partial charge is 0.273 e. The largest absolute Gasteiger partial charge is 0.347 e. The monoisotopic (exact) mass is 272 g/mol. The van der Waals surface area contributed by atoms with E-state index in [0.29, 0.717) is 11.7 Å². The molecule has 0 bridgehead atoms. The van der Waals surface area contributed by atoms with Crippen molar-refractivity contribution in [3.05, 3.63) is 36.3 Å². The van der Waals surface area contributed by atoms with Gasteiger partial charge < -0.3 is 9.88 Å². The van der Waals surface area contributed by atoms with Crippen LogP contribution in [0.1, 0.15) is 48.6 Å². The van der Waals surface area contributed by atoms with E-state index in [1.165, 1.54) is 19.3 Å². The molecule has 0 aliphatic heterocycles. The van der Waals surface area contributed by atoms with Crippen LogP contribution in [-0.2, 0) is 7.05 Å². The van der Waals surface area contributed by atoms with Gasteiger partial charge in [0, 0.05) is 19.3 Å². The molecule has 0 atom stereocenters. The summed E-state index contributed by atoms with van der Waals surface area (Å²) in [6.45, 7) is 0. The van der Waals surface area contributed by atoms with Gasteiger partial charge in [-0.05, 0) is 25.0 Å². The average molecular weight is 272 g/mol. The van der Waals surface area contributed by atoms with Gasteiger partial charge in [-0.1, -0.05) is 19.3 Å². The number of aryl methyl sites for hydroxylation is 1. The Hall–Kier alpha value is -2.04. The molecule has 1 aliphatic carbocycles. The number of nitrogens with zero attached hydrogens (tertiary/aromatic N) is 3. The van der Waals surface area contributed by atoms with Crippen LogP contribution in [0.25, 0.3) is 0 Å². The van der Waals surface area contributed by atoms with E-state index in [2.05, 4.69) is 10.4 Å². The van der Waals surface area contributed by atoms with Crippen molar-refractivity contribution in [3.8, 4) is 0 Å². The molecule has 2 aromatic rings. The van der Waals surface area contributed by atoms with Gasteiger partial charge in [0.1, 0.15) is 11.5 Å². The molecule has 106 valence electrons. The molecule has 2 heterocycles. The van der Waals surface area contributed by atoms with Crippen LogP contribution in [0.5, 0.6) is 0 Å². The maximum atomic E-state index is 12.3. The number of amides is 1. The van der Waals surface area contributed by atoms with Crippen LogP contribution in [0, 0.1) is 0 Å². The SMILES string of the molecule is Cn1cccc1C(=O)Nc1ccnn1C1CCCCC1. The van der Waals surface area contributed by atoms with Crippen molar-refractivity contribution >= 4 is 11.7 Å². The number of rotatable bonds is 3. The molecule has 2 aromatic heterocycles. The molecule has 5 nitrogen and oxygen atoms in total. The Morgan fingerprint density at radius 3 is 2.80 bits per heavy atom. The lowest BCUT2D eigenvalue weighted by Gasteiger charge is -2.23. The van der Waals surface area contributed by atoms with E-state index >= 15 is 0 Å². The normalized spacial score (nSPS) is 16.2. The zero-order valence-corrected chi connectivity index (χ0v) is 11.7. The van der Waals surface area contributed by atoms with E-state index in [0.717, 1.165) is 18.7 Å². The van der Waals surface area contributed by atoms with E-state index in [-0.39, 0.29) is 5.91 Å². The van der Waals surface area contributed by atoms with Crippen molar-refractivity contribution in [3.63, 3.8) is 0 Å². The Kier molecular flexibility index (Phi) is 3.58. The van der Waals surface area contributed by atoms with Crippen LogP contribution in [-0.4, -0.2) is 20.3 Å². The zero-order chi connectivity index (χ0) is 13.9. The third kappa shape index (κ3) is 2.48. The number of aromatic nitrogens is 3. The van der Waals surface area contributed by atoms with E-state index < -0.39 is 0 Å². The molecule has 20 heavy (non-hydrogen) atoms. The Morgan fingerprint density at radius 1 is 1.30 bits per heavy atom. The van der Waals surface area contributed by atoms with E-state index in [1.54, 1.807) is 6.20 Å². The second kappa shape index (κ2) is 5.53. The minimum Gasteiger partial charge on any atom is -0.347 e. The molecule has 1 aliphatic rings. The van der Waals surface area contributed by atoms with E-state index in [4.69, 9.17) is 0 Å². The molecule has 0 radical (unpaired) electrons. The van der Waals surface area contributed by atoms with Gasteiger partial charge in [0.05, 0.1) is 12.2 Å². The maximum absolute atomic E-state index is 12.3. The van der Waals surface area contributed by atoms with Crippen molar-refractivity contribution in [2.45, 2.75) is 38.1 Å². The third-order valence-corrected chi connectivity index (χ3v) is 4.01. The summed E-state index contributed by atoms with van der Waals surface area (Å²) in [7, 11) is 1.87. The van der Waals surface area contributed by atoms with E-state index in [1.807, 2.05) is 40.7 Å². The van der Waals surface area contributed by atoms with Crippen molar-refractivity contribution in [2.75, 3.05) is 5.32 Å². The van der Waals surface area contributed by atoms with Crippen LogP contribution in [0.2, 0.25) is 0 Å². The first kappa shape index (κ1) is 13.0. The first-order chi connectivity index (χ1) is 9.75. The fraction of sp³-hybridized carbons (Fsp3) is 0.467. The number of anilines is 1. The fourth-order valence-corrected chi connectivity index (χ4v) is 2.91. The predicted molar refractivity (Wildman–Crippen MR) is 77.7 cm³/mol. The standard InChI is InChI=1S/C15H20N4O/c1-18-11-5-8-13(18)15(20)17-14-9-10-16-19(14)12-6-3-2-4-7-12/h5,8-12H,2-4,6-7H2,1H3,(H,17,20). The van der Waals surface area contributed by atoms with Gasteiger partial charge in [-0.15, -0.1) is 0 Å². The number of carbonyl (C=O) groups is 1. The van der Waals surface area contributed by atoms with Gasteiger partial charge in [-0.3, -0.25) is 4.79 Å². The first-order valence-electron chi connectivity index (χ1n) is 7.22. The lowest BCUT2D eigenvalue weighted by Crippen LogP contribution is -2.21. The molecule has 1 amide bonds. The summed E-state index contributed by atoms with van der Waals surface area (Å²) in [6, 6.07) is 5.97. The number of nitrogens with one attached hydrogen (secondary N) is 1. The number of hydrogen-bond acceptors (Lipinski definition) is 2. The second-order valence-corrected chi connectivity index (χ2v) is 5.41. The highest BCUT2D eigenvalue weighted by Gasteiger charge is 2.19. The van der Waals surface area contributed by atoms with Crippen LogP contribution in [0.15, 0.2) is 30.6 Å². The molecule has 0 spiro atoms. The van der Waals surface area contributed by atoms with Crippen molar-refractivity contribution in [2.24, 2.45) is 7.05 Å². The van der Waals surface area contributed by atoms with Gasteiger partial charge in [-0.2, -0.15) is 5.10 Å². The van der Waals surface area contributed by atoms with Crippen LogP contribution >= 0.6 is 0 Å². The van der Waals surface area contributed by atoms with Gasteiger partial charge in [0.2, 0.25) is 0 Å². The highest BCUT2D eigenvalue weighted by molar-refractivity contribution is 6.02. The Morgan fingerprint density at radius 2 is 2.10 bits per heavy atom. The molecule has 0 aromatic carbocycles. The maximum Gasteiger partial charge on any atom is 0.273 e. The highest BCUT2D eigenvalue weighted by atomic mass is 16.2. The lowest BCUT2D eigenvalue weighted by molar-refractivity contribution is 0.101. The van der Waals surface area contributed by atoms with Crippen molar-refractivity contribution < 1.29 is 4.79 Å². The quantitative estimate of drug-likeness (QED) is 0.934. The zero-order valence-electron chi connectivity index (χ0n) is 11.7. The first-order valence-corrected chi connectivity index (χ1v) is 7.22. The topological polar surface area (TPSA) is 51.9 Å². The molecule has 3 rings (SSSR count). The minimum absolute atomic E-state index is 0.0879. The molecule has 1 fully saturated rings. The van der Waals surface area contributed by atoms with Gasteiger partial charge in [0.15, 0.2) is 0 Å². The number of hydrogen-bond donors (Lipinski definition) is 1. The molecular formula is C15H20N4O. The van der Waals surface area contributed by atoms with Crippen molar-refractivity contribution in [1.82, 2.24) is 14.3 Å². The lowest BCUT2D eigenvalue weighted by atomic mass is 9.96. The summed E-state index contributed by atoms with van der Waals surface area (Å²) in [5, 5.41) is 7.36. The molecule has 0 saturated heterocycles. The van der Waals surface area contributed by atoms with Crippen LogP contribution < -0.4 is 5.32 Å². The molecule has 5 heteroatoms. The van der Waals surface area contributed by atoms with Gasteiger partial charge in [-0.25, -0.2) is 4.68 Å².